The fourth-order valence-corrected chi connectivity index (χ4v) is 1.36. The van der Waals surface area contributed by atoms with Crippen LogP contribution in [-0.4, -0.2) is 25.0 Å². The molecule has 0 rings (SSSR count). The summed E-state index contributed by atoms with van der Waals surface area (Å²) in [5.74, 6) is 1.64. The van der Waals surface area contributed by atoms with E-state index in [4.69, 9.17) is 0 Å². The zero-order chi connectivity index (χ0) is 8.85. The molecule has 0 aromatic heterocycles. The van der Waals surface area contributed by atoms with Crippen molar-refractivity contribution in [1.29, 1.82) is 0 Å². The Bertz CT molecular complexity index is 88.9. The van der Waals surface area contributed by atoms with Gasteiger partial charge in [0.1, 0.15) is 0 Å². The highest BCUT2D eigenvalue weighted by Gasteiger charge is 2.05. The molecule has 0 spiro atoms. The lowest BCUT2D eigenvalue weighted by Crippen LogP contribution is -2.27. The van der Waals surface area contributed by atoms with Gasteiger partial charge < -0.3 is 4.90 Å². The van der Waals surface area contributed by atoms with Crippen molar-refractivity contribution in [3.8, 4) is 0 Å². The maximum Gasteiger partial charge on any atom is 0.000398 e. The van der Waals surface area contributed by atoms with Gasteiger partial charge in [-0.3, -0.25) is 0 Å². The first-order chi connectivity index (χ1) is 5.06. The zero-order valence-electron chi connectivity index (χ0n) is 8.72. The second-order valence-corrected chi connectivity index (χ2v) is 4.13. The third kappa shape index (κ3) is 6.36. The third-order valence-corrected chi connectivity index (χ3v) is 2.00. The van der Waals surface area contributed by atoms with E-state index in [0.717, 1.165) is 11.8 Å². The average molecular weight is 157 g/mol. The summed E-state index contributed by atoms with van der Waals surface area (Å²) < 4.78 is 0. The number of hydrogen-bond acceptors (Lipinski definition) is 1. The standard InChI is InChI=1S/C10H23N/c1-6-10(4)8-11(5)7-9(2)3/h9-10H,6-8H2,1-5H3/t10-/m0/s1. The second kappa shape index (κ2) is 5.59. The quantitative estimate of drug-likeness (QED) is 0.593. The maximum atomic E-state index is 2.43. The van der Waals surface area contributed by atoms with Crippen LogP contribution in [0.1, 0.15) is 34.1 Å². The first-order valence-electron chi connectivity index (χ1n) is 4.74. The highest BCUT2D eigenvalue weighted by Crippen LogP contribution is 2.04. The molecule has 1 heteroatoms. The Hall–Kier alpha value is -0.0400. The van der Waals surface area contributed by atoms with Crippen molar-refractivity contribution in [3.05, 3.63) is 0 Å². The Kier molecular flexibility index (Phi) is 5.57. The van der Waals surface area contributed by atoms with Gasteiger partial charge in [0.2, 0.25) is 0 Å². The fourth-order valence-electron chi connectivity index (χ4n) is 1.36. The van der Waals surface area contributed by atoms with E-state index in [9.17, 15) is 0 Å². The van der Waals surface area contributed by atoms with Crippen LogP contribution in [0.2, 0.25) is 0 Å². The average Bonchev–Trinajstić information content (AvgIpc) is 1.85. The minimum Gasteiger partial charge on any atom is -0.306 e. The monoisotopic (exact) mass is 157 g/mol. The lowest BCUT2D eigenvalue weighted by atomic mass is 10.1. The molecule has 68 valence electrons. The van der Waals surface area contributed by atoms with E-state index in [-0.39, 0.29) is 0 Å². The number of nitrogens with zero attached hydrogens (tertiary/aromatic N) is 1. The van der Waals surface area contributed by atoms with Crippen LogP contribution < -0.4 is 0 Å². The van der Waals surface area contributed by atoms with Crippen molar-refractivity contribution in [1.82, 2.24) is 4.90 Å². The van der Waals surface area contributed by atoms with E-state index >= 15 is 0 Å². The maximum absolute atomic E-state index is 2.43. The molecule has 0 heterocycles. The molecule has 0 aromatic carbocycles. The molecule has 0 aliphatic heterocycles. The summed E-state index contributed by atoms with van der Waals surface area (Å²) >= 11 is 0. The Balaban J connectivity index is 3.43. The molecule has 0 radical (unpaired) electrons. The summed E-state index contributed by atoms with van der Waals surface area (Å²) in [5, 5.41) is 0. The summed E-state index contributed by atoms with van der Waals surface area (Å²) in [6.45, 7) is 11.6. The van der Waals surface area contributed by atoms with E-state index in [1.807, 2.05) is 0 Å². The van der Waals surface area contributed by atoms with Crippen molar-refractivity contribution < 1.29 is 0 Å². The molecule has 0 aliphatic carbocycles. The van der Waals surface area contributed by atoms with Crippen LogP contribution in [0.15, 0.2) is 0 Å². The lowest BCUT2D eigenvalue weighted by Gasteiger charge is -2.21. The molecule has 0 N–H and O–H groups in total. The van der Waals surface area contributed by atoms with Gasteiger partial charge in [-0.25, -0.2) is 0 Å². The molecule has 0 saturated carbocycles. The van der Waals surface area contributed by atoms with Gasteiger partial charge in [0.15, 0.2) is 0 Å². The summed E-state index contributed by atoms with van der Waals surface area (Å²) in [7, 11) is 2.21. The Morgan fingerprint density at radius 2 is 1.64 bits per heavy atom. The van der Waals surface area contributed by atoms with Gasteiger partial charge in [-0.1, -0.05) is 34.1 Å². The predicted molar refractivity (Wildman–Crippen MR) is 51.8 cm³/mol. The smallest absolute Gasteiger partial charge is 0.000398 e. The van der Waals surface area contributed by atoms with Crippen molar-refractivity contribution >= 4 is 0 Å². The zero-order valence-corrected chi connectivity index (χ0v) is 8.72. The van der Waals surface area contributed by atoms with Crippen LogP contribution >= 0.6 is 0 Å². The van der Waals surface area contributed by atoms with E-state index in [1.165, 1.54) is 19.5 Å². The lowest BCUT2D eigenvalue weighted by molar-refractivity contribution is 0.255. The summed E-state index contributed by atoms with van der Waals surface area (Å²) in [6.07, 6.45) is 1.29. The fraction of sp³-hybridized carbons (Fsp3) is 1.00. The normalized spacial score (nSPS) is 14.5. The van der Waals surface area contributed by atoms with Crippen LogP contribution in [0.5, 0.6) is 0 Å². The molecule has 0 unspecified atom stereocenters. The van der Waals surface area contributed by atoms with Crippen LogP contribution in [-0.2, 0) is 0 Å². The molecule has 1 atom stereocenters. The van der Waals surface area contributed by atoms with Gasteiger partial charge in [-0.2, -0.15) is 0 Å². The van der Waals surface area contributed by atoms with Gasteiger partial charge >= 0.3 is 0 Å². The number of hydrogen-bond donors (Lipinski definition) is 0. The highest BCUT2D eigenvalue weighted by atomic mass is 15.1. The first kappa shape index (κ1) is 11.0. The Morgan fingerprint density at radius 1 is 1.09 bits per heavy atom. The number of rotatable bonds is 5. The van der Waals surface area contributed by atoms with E-state index in [1.54, 1.807) is 0 Å². The molecule has 11 heavy (non-hydrogen) atoms. The van der Waals surface area contributed by atoms with Crippen molar-refractivity contribution in [2.24, 2.45) is 11.8 Å². The van der Waals surface area contributed by atoms with Gasteiger partial charge in [0.05, 0.1) is 0 Å². The van der Waals surface area contributed by atoms with E-state index in [0.29, 0.717) is 0 Å². The SMILES string of the molecule is CC[C@H](C)CN(C)CC(C)C. The molecular formula is C10H23N. The van der Waals surface area contributed by atoms with Gasteiger partial charge in [0.25, 0.3) is 0 Å². The molecule has 0 bridgehead atoms. The summed E-state index contributed by atoms with van der Waals surface area (Å²) in [5.41, 5.74) is 0. The molecule has 0 fully saturated rings. The van der Waals surface area contributed by atoms with Crippen molar-refractivity contribution in [2.75, 3.05) is 20.1 Å². The topological polar surface area (TPSA) is 3.24 Å². The van der Waals surface area contributed by atoms with Crippen LogP contribution in [0, 0.1) is 11.8 Å². The molecule has 0 saturated heterocycles. The minimum atomic E-state index is 0.795. The van der Waals surface area contributed by atoms with Gasteiger partial charge in [-0.05, 0) is 18.9 Å². The van der Waals surface area contributed by atoms with E-state index in [2.05, 4.69) is 39.6 Å². The van der Waals surface area contributed by atoms with E-state index < -0.39 is 0 Å². The second-order valence-electron chi connectivity index (χ2n) is 4.13. The highest BCUT2D eigenvalue weighted by molar-refractivity contribution is 4.58. The largest absolute Gasteiger partial charge is 0.306 e. The summed E-state index contributed by atoms with van der Waals surface area (Å²) in [4.78, 5) is 2.43. The molecule has 0 aliphatic rings. The van der Waals surface area contributed by atoms with Crippen molar-refractivity contribution in [2.45, 2.75) is 34.1 Å². The molecule has 1 nitrogen and oxygen atoms in total. The van der Waals surface area contributed by atoms with Gasteiger partial charge in [-0.15, -0.1) is 0 Å². The molecular weight excluding hydrogens is 134 g/mol. The molecule has 0 aromatic rings. The van der Waals surface area contributed by atoms with Crippen LogP contribution in [0.4, 0.5) is 0 Å². The predicted octanol–water partition coefficient (Wildman–Crippen LogP) is 2.62. The van der Waals surface area contributed by atoms with Crippen molar-refractivity contribution in [3.63, 3.8) is 0 Å². The van der Waals surface area contributed by atoms with Crippen LogP contribution in [0.25, 0.3) is 0 Å². The third-order valence-electron chi connectivity index (χ3n) is 2.00. The molecule has 0 amide bonds. The summed E-state index contributed by atoms with van der Waals surface area (Å²) in [6, 6.07) is 0. The van der Waals surface area contributed by atoms with Crippen LogP contribution in [0.3, 0.4) is 0 Å². The Morgan fingerprint density at radius 3 is 2.00 bits per heavy atom. The minimum absolute atomic E-state index is 0.795. The Labute approximate surface area is 71.8 Å². The first-order valence-corrected chi connectivity index (χ1v) is 4.74. The van der Waals surface area contributed by atoms with Gasteiger partial charge in [0, 0.05) is 13.1 Å².